The minimum atomic E-state index is -1.11. The minimum absolute atomic E-state index is 0.346. The van der Waals surface area contributed by atoms with Crippen LogP contribution in [0.3, 0.4) is 0 Å². The Balaban J connectivity index is 1.27. The predicted octanol–water partition coefficient (Wildman–Crippen LogP) is 5.34. The van der Waals surface area contributed by atoms with Crippen molar-refractivity contribution >= 4 is 34.1 Å². The van der Waals surface area contributed by atoms with Gasteiger partial charge in [0, 0.05) is 29.0 Å². The highest BCUT2D eigenvalue weighted by atomic mass is 19.1. The fourth-order valence-electron chi connectivity index (χ4n) is 4.33. The molecule has 0 aliphatic heterocycles. The lowest BCUT2D eigenvalue weighted by Gasteiger charge is -2.16. The number of aromatic nitrogens is 1. The summed E-state index contributed by atoms with van der Waals surface area (Å²) in [5.74, 6) is 0.141. The molecule has 0 atom stereocenters. The van der Waals surface area contributed by atoms with Gasteiger partial charge in [-0.15, -0.1) is 0 Å². The summed E-state index contributed by atoms with van der Waals surface area (Å²) in [6.45, 7) is 0. The number of rotatable bonds is 8. The number of pyridine rings is 1. The number of benzene rings is 3. The van der Waals surface area contributed by atoms with Crippen molar-refractivity contribution in [2.45, 2.75) is 19.3 Å². The van der Waals surface area contributed by atoms with Gasteiger partial charge in [0.2, 0.25) is 11.8 Å². The maximum atomic E-state index is 13.1. The van der Waals surface area contributed by atoms with Gasteiger partial charge < -0.3 is 20.1 Å². The second-order valence-electron chi connectivity index (χ2n) is 9.07. The lowest BCUT2D eigenvalue weighted by atomic mass is 10.0. The molecular weight excluding hydrogens is 473 g/mol. The third kappa shape index (κ3) is 4.95. The number of methoxy groups -OCH3 is 2. The number of halogens is 1. The normalized spacial score (nSPS) is 13.6. The maximum absolute atomic E-state index is 13.1. The number of nitrogens with zero attached hydrogens (tertiary/aromatic N) is 1. The van der Waals surface area contributed by atoms with Gasteiger partial charge in [0.15, 0.2) is 11.5 Å². The van der Waals surface area contributed by atoms with Gasteiger partial charge in [0.1, 0.15) is 11.2 Å². The maximum Gasteiger partial charge on any atom is 0.240 e. The Labute approximate surface area is 213 Å². The summed E-state index contributed by atoms with van der Waals surface area (Å²) >= 11 is 0. The van der Waals surface area contributed by atoms with Gasteiger partial charge in [-0.05, 0) is 78.9 Å². The molecule has 0 unspecified atom stereocenters. The minimum Gasteiger partial charge on any atom is -0.493 e. The molecule has 0 bridgehead atoms. The average molecular weight is 500 g/mol. The van der Waals surface area contributed by atoms with Crippen LogP contribution in [-0.4, -0.2) is 31.0 Å². The monoisotopic (exact) mass is 499 g/mol. The zero-order valence-electron chi connectivity index (χ0n) is 20.5. The summed E-state index contributed by atoms with van der Waals surface area (Å²) in [4.78, 5) is 30.2. The largest absolute Gasteiger partial charge is 0.493 e. The van der Waals surface area contributed by atoms with E-state index in [-0.39, 0.29) is 11.8 Å². The number of hydrogen-bond acceptors (Lipinski definition) is 5. The third-order valence-electron chi connectivity index (χ3n) is 6.66. The molecule has 8 heteroatoms. The highest BCUT2D eigenvalue weighted by Gasteiger charge is 2.56. The van der Waals surface area contributed by atoms with Crippen molar-refractivity contribution < 1.29 is 23.5 Å². The van der Waals surface area contributed by atoms with Crippen LogP contribution in [0.2, 0.25) is 0 Å². The first-order chi connectivity index (χ1) is 17.9. The van der Waals surface area contributed by atoms with Crippen molar-refractivity contribution in [3.05, 3.63) is 89.9 Å². The van der Waals surface area contributed by atoms with E-state index in [0.29, 0.717) is 42.1 Å². The number of anilines is 2. The Morgan fingerprint density at radius 1 is 0.865 bits per heavy atom. The van der Waals surface area contributed by atoms with Crippen LogP contribution >= 0.6 is 0 Å². The van der Waals surface area contributed by atoms with E-state index in [4.69, 9.17) is 9.47 Å². The standard InChI is InChI=1S/C29H26FN3O4/c1-36-25-16-23-19(11-14-31-24(23)17-26(25)37-2)15-18-3-7-21(8-4-18)32-27(34)29(12-13-29)28(35)33-22-9-5-20(30)6-10-22/h3-11,14,16-17H,12-13,15H2,1-2H3,(H,32,34)(H,33,35). The number of nitrogens with one attached hydrogen (secondary N) is 2. The SMILES string of the molecule is COc1cc2nccc(Cc3ccc(NC(=O)C4(C(=O)Nc5ccc(F)cc5)CC4)cc3)c2cc1OC. The molecule has 0 saturated heterocycles. The number of carbonyl (C=O) groups is 2. The Hall–Kier alpha value is -4.46. The van der Waals surface area contributed by atoms with E-state index in [1.165, 1.54) is 24.3 Å². The van der Waals surface area contributed by atoms with Crippen LogP contribution < -0.4 is 20.1 Å². The highest BCUT2D eigenvalue weighted by Crippen LogP contribution is 2.47. The van der Waals surface area contributed by atoms with E-state index >= 15 is 0 Å². The zero-order chi connectivity index (χ0) is 26.0. The van der Waals surface area contributed by atoms with E-state index in [2.05, 4.69) is 15.6 Å². The second kappa shape index (κ2) is 9.89. The summed E-state index contributed by atoms with van der Waals surface area (Å²) < 4.78 is 24.0. The molecule has 1 aliphatic rings. The summed E-state index contributed by atoms with van der Waals surface area (Å²) in [5, 5.41) is 6.56. The number of amides is 2. The van der Waals surface area contributed by atoms with Gasteiger partial charge in [-0.3, -0.25) is 14.6 Å². The summed E-state index contributed by atoms with van der Waals surface area (Å²) in [5.41, 5.74) is 2.90. The molecule has 1 aromatic heterocycles. The fourth-order valence-corrected chi connectivity index (χ4v) is 4.33. The molecule has 7 nitrogen and oxygen atoms in total. The molecule has 37 heavy (non-hydrogen) atoms. The van der Waals surface area contributed by atoms with Crippen molar-refractivity contribution in [3.8, 4) is 11.5 Å². The quantitative estimate of drug-likeness (QED) is 0.320. The first-order valence-corrected chi connectivity index (χ1v) is 11.9. The van der Waals surface area contributed by atoms with Gasteiger partial charge in [-0.2, -0.15) is 0 Å². The lowest BCUT2D eigenvalue weighted by Crippen LogP contribution is -2.35. The van der Waals surface area contributed by atoms with Gasteiger partial charge >= 0.3 is 0 Å². The van der Waals surface area contributed by atoms with Gasteiger partial charge in [0.05, 0.1) is 19.7 Å². The molecule has 0 radical (unpaired) electrons. The fraction of sp³-hybridized carbons (Fsp3) is 0.207. The molecule has 188 valence electrons. The van der Waals surface area contributed by atoms with E-state index in [1.54, 1.807) is 20.4 Å². The van der Waals surface area contributed by atoms with E-state index in [0.717, 1.165) is 22.0 Å². The van der Waals surface area contributed by atoms with Gasteiger partial charge in [0.25, 0.3) is 0 Å². The zero-order valence-corrected chi connectivity index (χ0v) is 20.5. The number of hydrogen-bond donors (Lipinski definition) is 2. The van der Waals surface area contributed by atoms with Crippen molar-refractivity contribution in [2.75, 3.05) is 24.9 Å². The Bertz CT molecular complexity index is 1470. The smallest absolute Gasteiger partial charge is 0.240 e. The van der Waals surface area contributed by atoms with Crippen LogP contribution in [0.5, 0.6) is 11.5 Å². The first kappa shape index (κ1) is 24.2. The number of ether oxygens (including phenoxy) is 2. The Kier molecular flexibility index (Phi) is 6.48. The molecule has 3 aromatic carbocycles. The average Bonchev–Trinajstić information content (AvgIpc) is 3.73. The molecule has 1 heterocycles. The van der Waals surface area contributed by atoms with Crippen LogP contribution in [0.25, 0.3) is 10.9 Å². The Morgan fingerprint density at radius 3 is 2.00 bits per heavy atom. The van der Waals surface area contributed by atoms with E-state index in [9.17, 15) is 14.0 Å². The molecule has 1 aliphatic carbocycles. The van der Waals surface area contributed by atoms with Crippen LogP contribution in [0.15, 0.2) is 72.9 Å². The summed E-state index contributed by atoms with van der Waals surface area (Å²) in [6.07, 6.45) is 3.36. The van der Waals surface area contributed by atoms with Gasteiger partial charge in [-0.25, -0.2) is 4.39 Å². The lowest BCUT2D eigenvalue weighted by molar-refractivity contribution is -0.131. The van der Waals surface area contributed by atoms with Crippen LogP contribution in [0, 0.1) is 11.2 Å². The molecule has 0 spiro atoms. The molecule has 2 amide bonds. The van der Waals surface area contributed by atoms with E-state index in [1.807, 2.05) is 42.5 Å². The van der Waals surface area contributed by atoms with Gasteiger partial charge in [-0.1, -0.05) is 12.1 Å². The third-order valence-corrected chi connectivity index (χ3v) is 6.66. The summed E-state index contributed by atoms with van der Waals surface area (Å²) in [7, 11) is 3.20. The first-order valence-electron chi connectivity index (χ1n) is 11.9. The van der Waals surface area contributed by atoms with Crippen molar-refractivity contribution in [2.24, 2.45) is 5.41 Å². The molecule has 4 aromatic rings. The van der Waals surface area contributed by atoms with Crippen molar-refractivity contribution in [3.63, 3.8) is 0 Å². The Morgan fingerprint density at radius 2 is 1.43 bits per heavy atom. The van der Waals surface area contributed by atoms with E-state index < -0.39 is 11.2 Å². The molecule has 5 rings (SSSR count). The number of carbonyl (C=O) groups excluding carboxylic acids is 2. The van der Waals surface area contributed by atoms with Crippen molar-refractivity contribution in [1.29, 1.82) is 0 Å². The molecule has 2 N–H and O–H groups in total. The molecule has 1 saturated carbocycles. The second-order valence-corrected chi connectivity index (χ2v) is 9.07. The van der Waals surface area contributed by atoms with Crippen LogP contribution in [0.4, 0.5) is 15.8 Å². The van der Waals surface area contributed by atoms with Crippen LogP contribution in [-0.2, 0) is 16.0 Å². The number of fused-ring (bicyclic) bond motifs is 1. The van der Waals surface area contributed by atoms with Crippen LogP contribution in [0.1, 0.15) is 24.0 Å². The molecular formula is C29H26FN3O4. The van der Waals surface area contributed by atoms with Crippen molar-refractivity contribution in [1.82, 2.24) is 4.98 Å². The predicted molar refractivity (Wildman–Crippen MR) is 139 cm³/mol. The topological polar surface area (TPSA) is 89.5 Å². The highest BCUT2D eigenvalue weighted by molar-refractivity contribution is 6.16. The summed E-state index contributed by atoms with van der Waals surface area (Å²) in [6, 6.07) is 18.8. The molecule has 1 fully saturated rings.